The molecule has 206 valence electrons. The van der Waals surface area contributed by atoms with E-state index < -0.39 is 5.97 Å². The Balaban J connectivity index is 1.37. The van der Waals surface area contributed by atoms with E-state index in [2.05, 4.69) is 14.9 Å². The standard InChI is InChI=1S/C30H31ClN6O3/c1-19-18-32-20(2)29(33-19)36-13-15-37(16-14-36)30(40)22-9-12-24-26(17-22)34-25(5-3-4-6-27(38)39)28(35-24)21-7-10-23(31)11-8-21/h7-12,17-18H,3-6,13-16H2,1-2H3,(H,38,39). The molecular formula is C30H31ClN6O3. The summed E-state index contributed by atoms with van der Waals surface area (Å²) < 4.78 is 0. The van der Waals surface area contributed by atoms with Crippen LogP contribution in [0.5, 0.6) is 0 Å². The lowest BCUT2D eigenvalue weighted by molar-refractivity contribution is -0.137. The van der Waals surface area contributed by atoms with E-state index in [1.165, 1.54) is 0 Å². The van der Waals surface area contributed by atoms with Gasteiger partial charge in [0.25, 0.3) is 5.91 Å². The van der Waals surface area contributed by atoms with Crippen molar-refractivity contribution in [1.29, 1.82) is 0 Å². The van der Waals surface area contributed by atoms with Crippen molar-refractivity contribution in [3.05, 3.63) is 76.3 Å². The molecule has 1 aliphatic heterocycles. The first-order valence-electron chi connectivity index (χ1n) is 13.4. The SMILES string of the molecule is Cc1cnc(C)c(N2CCN(C(=O)c3ccc4nc(-c5ccc(Cl)cc5)c(CCCCC(=O)O)nc4c3)CC2)n1. The van der Waals surface area contributed by atoms with Gasteiger partial charge in [0.15, 0.2) is 0 Å². The molecule has 2 aromatic carbocycles. The van der Waals surface area contributed by atoms with Gasteiger partial charge in [-0.25, -0.2) is 15.0 Å². The summed E-state index contributed by atoms with van der Waals surface area (Å²) in [5.41, 5.74) is 6.05. The highest BCUT2D eigenvalue weighted by molar-refractivity contribution is 6.30. The van der Waals surface area contributed by atoms with Crippen LogP contribution in [-0.4, -0.2) is 68.0 Å². The number of aryl methyl sites for hydroxylation is 3. The first-order chi connectivity index (χ1) is 19.3. The Labute approximate surface area is 237 Å². The molecule has 0 spiro atoms. The van der Waals surface area contributed by atoms with E-state index in [9.17, 15) is 9.59 Å². The number of benzene rings is 2. The van der Waals surface area contributed by atoms with Gasteiger partial charge < -0.3 is 14.9 Å². The van der Waals surface area contributed by atoms with Crippen molar-refractivity contribution in [3.8, 4) is 11.3 Å². The minimum atomic E-state index is -0.812. The molecule has 1 saturated heterocycles. The molecule has 0 bridgehead atoms. The Morgan fingerprint density at radius 3 is 2.40 bits per heavy atom. The fourth-order valence-electron chi connectivity index (χ4n) is 4.93. The van der Waals surface area contributed by atoms with Crippen LogP contribution >= 0.6 is 11.6 Å². The number of hydrogen-bond acceptors (Lipinski definition) is 7. The van der Waals surface area contributed by atoms with Crippen molar-refractivity contribution in [3.63, 3.8) is 0 Å². The summed E-state index contributed by atoms with van der Waals surface area (Å²) in [6, 6.07) is 12.9. The van der Waals surface area contributed by atoms with Crippen molar-refractivity contribution in [1.82, 2.24) is 24.8 Å². The lowest BCUT2D eigenvalue weighted by Crippen LogP contribution is -2.49. The quantitative estimate of drug-likeness (QED) is 0.297. The molecule has 2 aromatic heterocycles. The highest BCUT2D eigenvalue weighted by Crippen LogP contribution is 2.27. The summed E-state index contributed by atoms with van der Waals surface area (Å²) in [4.78, 5) is 47.3. The van der Waals surface area contributed by atoms with Crippen LogP contribution in [0.4, 0.5) is 5.82 Å². The van der Waals surface area contributed by atoms with Crippen LogP contribution in [0.3, 0.4) is 0 Å². The number of nitrogens with zero attached hydrogens (tertiary/aromatic N) is 6. The molecular weight excluding hydrogens is 528 g/mol. The molecule has 1 fully saturated rings. The lowest BCUT2D eigenvalue weighted by Gasteiger charge is -2.36. The number of halogens is 1. The summed E-state index contributed by atoms with van der Waals surface area (Å²) in [7, 11) is 0. The van der Waals surface area contributed by atoms with Crippen LogP contribution in [0.15, 0.2) is 48.7 Å². The van der Waals surface area contributed by atoms with Gasteiger partial charge in [0, 0.05) is 54.9 Å². The van der Waals surface area contributed by atoms with Crippen molar-refractivity contribution in [2.75, 3.05) is 31.1 Å². The van der Waals surface area contributed by atoms with Crippen molar-refractivity contribution >= 4 is 40.3 Å². The first kappa shape index (κ1) is 27.5. The van der Waals surface area contributed by atoms with E-state index in [0.29, 0.717) is 67.1 Å². The van der Waals surface area contributed by atoms with Gasteiger partial charge in [-0.3, -0.25) is 14.6 Å². The van der Waals surface area contributed by atoms with Gasteiger partial charge in [0.05, 0.1) is 33.8 Å². The summed E-state index contributed by atoms with van der Waals surface area (Å²) in [5.74, 6) is 0.0223. The van der Waals surface area contributed by atoms with Gasteiger partial charge in [-0.2, -0.15) is 0 Å². The highest BCUT2D eigenvalue weighted by Gasteiger charge is 2.24. The summed E-state index contributed by atoms with van der Waals surface area (Å²) in [5, 5.41) is 9.64. The predicted molar refractivity (Wildman–Crippen MR) is 155 cm³/mol. The molecule has 40 heavy (non-hydrogen) atoms. The second-order valence-electron chi connectivity index (χ2n) is 10.0. The maximum absolute atomic E-state index is 13.5. The number of carboxylic acids is 1. The van der Waals surface area contributed by atoms with E-state index >= 15 is 0 Å². The largest absolute Gasteiger partial charge is 0.481 e. The maximum Gasteiger partial charge on any atom is 0.303 e. The Morgan fingerprint density at radius 1 is 0.925 bits per heavy atom. The number of anilines is 1. The number of aromatic nitrogens is 4. The summed E-state index contributed by atoms with van der Waals surface area (Å²) in [6.07, 6.45) is 3.67. The number of hydrogen-bond donors (Lipinski definition) is 1. The van der Waals surface area contributed by atoms with E-state index in [1.54, 1.807) is 18.3 Å². The molecule has 1 amide bonds. The smallest absolute Gasteiger partial charge is 0.303 e. The van der Waals surface area contributed by atoms with Gasteiger partial charge in [-0.1, -0.05) is 23.7 Å². The predicted octanol–water partition coefficient (Wildman–Crippen LogP) is 5.12. The second-order valence-corrected chi connectivity index (χ2v) is 10.5. The van der Waals surface area contributed by atoms with E-state index in [1.807, 2.05) is 49.1 Å². The minimum absolute atomic E-state index is 0.0415. The Bertz CT molecular complexity index is 1550. The molecule has 5 rings (SSSR count). The maximum atomic E-state index is 13.5. The molecule has 0 saturated carbocycles. The highest BCUT2D eigenvalue weighted by atomic mass is 35.5. The molecule has 0 unspecified atom stereocenters. The molecule has 1 N–H and O–H groups in total. The van der Waals surface area contributed by atoms with Crippen LogP contribution in [-0.2, 0) is 11.2 Å². The van der Waals surface area contributed by atoms with Gasteiger partial charge in [0.2, 0.25) is 0 Å². The zero-order chi connectivity index (χ0) is 28.2. The van der Waals surface area contributed by atoms with Gasteiger partial charge >= 0.3 is 5.97 Å². The molecule has 10 heteroatoms. The summed E-state index contributed by atoms with van der Waals surface area (Å²) >= 11 is 6.09. The fraction of sp³-hybridized carbons (Fsp3) is 0.333. The third-order valence-electron chi connectivity index (χ3n) is 7.07. The first-order valence-corrected chi connectivity index (χ1v) is 13.8. The zero-order valence-electron chi connectivity index (χ0n) is 22.6. The Hall–Kier alpha value is -4.11. The number of aliphatic carboxylic acids is 1. The Morgan fingerprint density at radius 2 is 1.68 bits per heavy atom. The number of carbonyl (C=O) groups excluding carboxylic acids is 1. The van der Waals surface area contributed by atoms with Gasteiger partial charge in [0.1, 0.15) is 5.82 Å². The van der Waals surface area contributed by atoms with E-state index in [0.717, 1.165) is 34.2 Å². The third kappa shape index (κ3) is 6.20. The number of fused-ring (bicyclic) bond motifs is 1. The van der Waals surface area contributed by atoms with Crippen LogP contribution in [0.1, 0.15) is 46.7 Å². The monoisotopic (exact) mass is 558 g/mol. The molecule has 3 heterocycles. The second kappa shape index (κ2) is 12.0. The van der Waals surface area contributed by atoms with Crippen molar-refractivity contribution in [2.24, 2.45) is 0 Å². The topological polar surface area (TPSA) is 112 Å². The average Bonchev–Trinajstić information content (AvgIpc) is 2.96. The number of piperazine rings is 1. The number of amides is 1. The summed E-state index contributed by atoms with van der Waals surface area (Å²) in [6.45, 7) is 6.42. The van der Waals surface area contributed by atoms with Gasteiger partial charge in [-0.05, 0) is 63.4 Å². The normalized spacial score (nSPS) is 13.6. The van der Waals surface area contributed by atoms with Crippen LogP contribution in [0.2, 0.25) is 5.02 Å². The van der Waals surface area contributed by atoms with E-state index in [4.69, 9.17) is 26.7 Å². The van der Waals surface area contributed by atoms with Crippen LogP contribution in [0, 0.1) is 13.8 Å². The third-order valence-corrected chi connectivity index (χ3v) is 7.32. The molecule has 0 atom stereocenters. The van der Waals surface area contributed by atoms with Gasteiger partial charge in [-0.15, -0.1) is 0 Å². The number of unbranched alkanes of at least 4 members (excludes halogenated alkanes) is 1. The Kier molecular flexibility index (Phi) is 8.21. The lowest BCUT2D eigenvalue weighted by atomic mass is 10.0. The molecule has 4 aromatic rings. The van der Waals surface area contributed by atoms with Crippen molar-refractivity contribution in [2.45, 2.75) is 39.5 Å². The van der Waals surface area contributed by atoms with Crippen LogP contribution < -0.4 is 4.90 Å². The molecule has 1 aliphatic rings. The minimum Gasteiger partial charge on any atom is -0.481 e. The van der Waals surface area contributed by atoms with E-state index in [-0.39, 0.29) is 12.3 Å². The van der Waals surface area contributed by atoms with Crippen molar-refractivity contribution < 1.29 is 14.7 Å². The average molecular weight is 559 g/mol. The number of rotatable bonds is 8. The zero-order valence-corrected chi connectivity index (χ0v) is 23.4. The molecule has 0 aliphatic carbocycles. The number of carboxylic acid groups (broad SMARTS) is 1. The van der Waals surface area contributed by atoms with Crippen LogP contribution in [0.25, 0.3) is 22.3 Å². The number of carbonyl (C=O) groups is 2. The fourth-order valence-corrected chi connectivity index (χ4v) is 5.06. The molecule has 9 nitrogen and oxygen atoms in total. The molecule has 0 radical (unpaired) electrons.